The van der Waals surface area contributed by atoms with Gasteiger partial charge in [0.1, 0.15) is 15.7 Å². The number of nitrogens with zero attached hydrogens (tertiary/aromatic N) is 1. The predicted molar refractivity (Wildman–Crippen MR) is 120 cm³/mol. The van der Waals surface area contributed by atoms with Crippen molar-refractivity contribution in [1.29, 1.82) is 0 Å². The first-order chi connectivity index (χ1) is 14.5. The quantitative estimate of drug-likeness (QED) is 0.577. The molecule has 0 atom stereocenters. The average Bonchev–Trinajstić information content (AvgIpc) is 3.24. The van der Waals surface area contributed by atoms with Crippen LogP contribution in [0.3, 0.4) is 0 Å². The molecule has 1 aliphatic rings. The van der Waals surface area contributed by atoms with Crippen molar-refractivity contribution in [2.75, 3.05) is 42.9 Å². The zero-order chi connectivity index (χ0) is 21.0. The van der Waals surface area contributed by atoms with E-state index in [0.717, 1.165) is 43.2 Å². The minimum Gasteiger partial charge on any atom is -0.497 e. The number of nitrogens with one attached hydrogen (secondary N) is 2. The molecule has 1 aliphatic heterocycles. The zero-order valence-electron chi connectivity index (χ0n) is 16.5. The molecule has 0 spiro atoms. The van der Waals surface area contributed by atoms with Gasteiger partial charge in [-0.3, -0.25) is 4.72 Å². The fourth-order valence-corrected chi connectivity index (χ4v) is 5.36. The van der Waals surface area contributed by atoms with Crippen LogP contribution >= 0.6 is 11.3 Å². The standard InChI is InChI=1S/C21H23N3O4S2/c1-27-18-7-5-16(6-8-18)23-30(25,26)21-10-9-20(29-21)28-19-4-2-3-17(15-19)24-13-11-22-12-14-24/h2-10,15,22-23H,11-14H2,1H3. The summed E-state index contributed by atoms with van der Waals surface area (Å²) in [6, 6.07) is 17.8. The maximum Gasteiger partial charge on any atom is 0.271 e. The molecule has 0 aliphatic carbocycles. The number of methoxy groups -OCH3 is 1. The van der Waals surface area contributed by atoms with Gasteiger partial charge < -0.3 is 19.7 Å². The molecule has 0 amide bonds. The number of benzene rings is 2. The van der Waals surface area contributed by atoms with E-state index >= 15 is 0 Å². The lowest BCUT2D eigenvalue weighted by atomic mass is 10.2. The Balaban J connectivity index is 1.45. The molecule has 30 heavy (non-hydrogen) atoms. The van der Waals surface area contributed by atoms with E-state index in [0.29, 0.717) is 22.2 Å². The molecule has 0 radical (unpaired) electrons. The van der Waals surface area contributed by atoms with Crippen LogP contribution in [0.1, 0.15) is 0 Å². The molecule has 0 saturated carbocycles. The molecule has 1 aromatic heterocycles. The van der Waals surface area contributed by atoms with E-state index in [-0.39, 0.29) is 4.21 Å². The number of thiophene rings is 1. The predicted octanol–water partition coefficient (Wildman–Crippen LogP) is 3.76. The highest BCUT2D eigenvalue weighted by Crippen LogP contribution is 2.34. The molecule has 1 fully saturated rings. The summed E-state index contributed by atoms with van der Waals surface area (Å²) in [4.78, 5) is 2.30. The summed E-state index contributed by atoms with van der Waals surface area (Å²) in [5.41, 5.74) is 1.56. The van der Waals surface area contributed by atoms with E-state index < -0.39 is 10.0 Å². The van der Waals surface area contributed by atoms with Gasteiger partial charge in [-0.05, 0) is 48.5 Å². The van der Waals surface area contributed by atoms with Gasteiger partial charge in [-0.15, -0.1) is 0 Å². The van der Waals surface area contributed by atoms with Gasteiger partial charge in [0.05, 0.1) is 7.11 Å². The summed E-state index contributed by atoms with van der Waals surface area (Å²) in [6.45, 7) is 3.81. The van der Waals surface area contributed by atoms with Gasteiger partial charge in [-0.25, -0.2) is 8.42 Å². The molecule has 0 bridgehead atoms. The summed E-state index contributed by atoms with van der Waals surface area (Å²) >= 11 is 1.08. The van der Waals surface area contributed by atoms with E-state index in [4.69, 9.17) is 9.47 Å². The molecule has 7 nitrogen and oxygen atoms in total. The molecular formula is C21H23N3O4S2. The number of ether oxygens (including phenoxy) is 2. The SMILES string of the molecule is COc1ccc(NS(=O)(=O)c2ccc(Oc3cccc(N4CCNCC4)c3)s2)cc1. The molecule has 4 rings (SSSR count). The second kappa shape index (κ2) is 8.95. The number of hydrogen-bond donors (Lipinski definition) is 2. The normalized spacial score (nSPS) is 14.4. The maximum atomic E-state index is 12.7. The summed E-state index contributed by atoms with van der Waals surface area (Å²) in [5.74, 6) is 1.34. The fraction of sp³-hybridized carbons (Fsp3) is 0.238. The van der Waals surface area contributed by atoms with Gasteiger partial charge in [0, 0.05) is 43.6 Å². The monoisotopic (exact) mass is 445 g/mol. The van der Waals surface area contributed by atoms with Crippen molar-refractivity contribution in [1.82, 2.24) is 5.32 Å². The van der Waals surface area contributed by atoms with Crippen LogP contribution < -0.4 is 24.4 Å². The van der Waals surface area contributed by atoms with Gasteiger partial charge >= 0.3 is 0 Å². The Morgan fingerprint density at radius 1 is 1.00 bits per heavy atom. The van der Waals surface area contributed by atoms with E-state index in [2.05, 4.69) is 21.0 Å². The smallest absolute Gasteiger partial charge is 0.271 e. The van der Waals surface area contributed by atoms with Crippen molar-refractivity contribution in [2.45, 2.75) is 4.21 Å². The highest BCUT2D eigenvalue weighted by atomic mass is 32.2. The third-order valence-electron chi connectivity index (χ3n) is 4.68. The molecular weight excluding hydrogens is 422 g/mol. The molecule has 9 heteroatoms. The lowest BCUT2D eigenvalue weighted by Gasteiger charge is -2.29. The molecule has 3 aromatic rings. The largest absolute Gasteiger partial charge is 0.497 e. The van der Waals surface area contributed by atoms with Crippen LogP contribution in [0, 0.1) is 0 Å². The summed E-state index contributed by atoms with van der Waals surface area (Å²) < 4.78 is 39.2. The van der Waals surface area contributed by atoms with Crippen LogP contribution in [0.2, 0.25) is 0 Å². The van der Waals surface area contributed by atoms with Crippen LogP contribution in [-0.2, 0) is 10.0 Å². The van der Waals surface area contributed by atoms with Crippen LogP contribution in [0.15, 0.2) is 64.9 Å². The number of sulfonamides is 1. The zero-order valence-corrected chi connectivity index (χ0v) is 18.1. The first-order valence-corrected chi connectivity index (χ1v) is 11.8. The summed E-state index contributed by atoms with van der Waals surface area (Å²) in [5, 5.41) is 3.85. The minimum absolute atomic E-state index is 0.187. The Morgan fingerprint density at radius 2 is 1.77 bits per heavy atom. The van der Waals surface area contributed by atoms with Crippen molar-refractivity contribution in [3.05, 3.63) is 60.7 Å². The number of rotatable bonds is 7. The van der Waals surface area contributed by atoms with Gasteiger partial charge in [-0.2, -0.15) is 0 Å². The van der Waals surface area contributed by atoms with Crippen molar-refractivity contribution in [3.8, 4) is 16.6 Å². The highest BCUT2D eigenvalue weighted by molar-refractivity contribution is 7.94. The Morgan fingerprint density at radius 3 is 2.50 bits per heavy atom. The second-order valence-electron chi connectivity index (χ2n) is 6.74. The topological polar surface area (TPSA) is 79.9 Å². The summed E-state index contributed by atoms with van der Waals surface area (Å²) in [7, 11) is -2.14. The lowest BCUT2D eigenvalue weighted by Crippen LogP contribution is -2.43. The first-order valence-electron chi connectivity index (χ1n) is 9.54. The van der Waals surface area contributed by atoms with Crippen LogP contribution in [0.4, 0.5) is 11.4 Å². The van der Waals surface area contributed by atoms with E-state index in [1.807, 2.05) is 18.2 Å². The molecule has 2 aromatic carbocycles. The average molecular weight is 446 g/mol. The number of anilines is 2. The highest BCUT2D eigenvalue weighted by Gasteiger charge is 2.18. The van der Waals surface area contributed by atoms with Gasteiger partial charge in [0.2, 0.25) is 0 Å². The van der Waals surface area contributed by atoms with E-state index in [1.54, 1.807) is 43.5 Å². The summed E-state index contributed by atoms with van der Waals surface area (Å²) in [6.07, 6.45) is 0. The van der Waals surface area contributed by atoms with Crippen LogP contribution in [0.25, 0.3) is 0 Å². The van der Waals surface area contributed by atoms with Crippen molar-refractivity contribution in [2.24, 2.45) is 0 Å². The second-order valence-corrected chi connectivity index (χ2v) is 9.70. The third-order valence-corrected chi connectivity index (χ3v) is 7.52. The Labute approximate surface area is 180 Å². The third kappa shape index (κ3) is 4.86. The molecule has 2 heterocycles. The van der Waals surface area contributed by atoms with Gasteiger partial charge in [0.25, 0.3) is 10.0 Å². The van der Waals surface area contributed by atoms with Crippen molar-refractivity contribution < 1.29 is 17.9 Å². The number of piperazine rings is 1. The van der Waals surface area contributed by atoms with Gasteiger partial charge in [0.15, 0.2) is 5.06 Å². The first kappa shape index (κ1) is 20.5. The fourth-order valence-electron chi connectivity index (χ4n) is 3.15. The molecule has 158 valence electrons. The van der Waals surface area contributed by atoms with Crippen LogP contribution in [0.5, 0.6) is 16.6 Å². The lowest BCUT2D eigenvalue weighted by molar-refractivity contribution is 0.415. The Hall–Kier alpha value is -2.75. The Kier molecular flexibility index (Phi) is 6.12. The van der Waals surface area contributed by atoms with Crippen molar-refractivity contribution >= 4 is 32.7 Å². The number of hydrogen-bond acceptors (Lipinski definition) is 7. The van der Waals surface area contributed by atoms with E-state index in [1.165, 1.54) is 0 Å². The van der Waals surface area contributed by atoms with E-state index in [9.17, 15) is 8.42 Å². The van der Waals surface area contributed by atoms with Gasteiger partial charge in [-0.1, -0.05) is 17.4 Å². The molecule has 1 saturated heterocycles. The Bertz CT molecular complexity index is 1090. The minimum atomic E-state index is -3.70. The molecule has 2 N–H and O–H groups in total. The van der Waals surface area contributed by atoms with Crippen molar-refractivity contribution in [3.63, 3.8) is 0 Å². The van der Waals surface area contributed by atoms with Crippen LogP contribution in [-0.4, -0.2) is 41.7 Å². The maximum absolute atomic E-state index is 12.7. The molecule has 0 unspecified atom stereocenters.